The molecular formula is C13H19N3O3S. The summed E-state index contributed by atoms with van der Waals surface area (Å²) in [5, 5.41) is 2.68. The Morgan fingerprint density at radius 1 is 1.40 bits per heavy atom. The molecule has 1 fully saturated rings. The number of carbonyl (C=O) groups excluding carboxylic acids is 1. The fourth-order valence-corrected chi connectivity index (χ4v) is 3.59. The molecule has 1 aromatic rings. The Balaban J connectivity index is 2.15. The normalized spacial score (nSPS) is 20.0. The van der Waals surface area contributed by atoms with Crippen molar-refractivity contribution in [3.05, 3.63) is 24.3 Å². The van der Waals surface area contributed by atoms with Gasteiger partial charge in [-0.1, -0.05) is 6.92 Å². The van der Waals surface area contributed by atoms with Gasteiger partial charge in [0.05, 0.1) is 4.90 Å². The van der Waals surface area contributed by atoms with E-state index in [9.17, 15) is 13.2 Å². The summed E-state index contributed by atoms with van der Waals surface area (Å²) >= 11 is 0. The van der Waals surface area contributed by atoms with Gasteiger partial charge in [-0.25, -0.2) is 8.42 Å². The smallest absolute Gasteiger partial charge is 0.243 e. The number of nitrogens with one attached hydrogen (secondary N) is 1. The minimum Gasteiger partial charge on any atom is -0.326 e. The van der Waals surface area contributed by atoms with E-state index in [0.717, 1.165) is 0 Å². The summed E-state index contributed by atoms with van der Waals surface area (Å²) in [6, 6.07) is 6.11. The van der Waals surface area contributed by atoms with Crippen LogP contribution in [0.4, 0.5) is 5.69 Å². The van der Waals surface area contributed by atoms with Crippen molar-refractivity contribution in [1.29, 1.82) is 0 Å². The fraction of sp³-hybridized carbons (Fsp3) is 0.462. The molecule has 0 aromatic heterocycles. The first-order valence-electron chi connectivity index (χ1n) is 6.59. The van der Waals surface area contributed by atoms with Gasteiger partial charge >= 0.3 is 0 Å². The summed E-state index contributed by atoms with van der Waals surface area (Å²) in [6.07, 6.45) is 1.07. The maximum Gasteiger partial charge on any atom is 0.243 e. The fourth-order valence-electron chi connectivity index (χ4n) is 2.08. The van der Waals surface area contributed by atoms with E-state index >= 15 is 0 Å². The monoisotopic (exact) mass is 297 g/mol. The van der Waals surface area contributed by atoms with Crippen molar-refractivity contribution in [1.82, 2.24) is 4.31 Å². The third-order valence-corrected chi connectivity index (χ3v) is 5.16. The third-order valence-electron chi connectivity index (χ3n) is 3.28. The summed E-state index contributed by atoms with van der Waals surface area (Å²) in [5.41, 5.74) is 6.33. The van der Waals surface area contributed by atoms with Crippen LogP contribution < -0.4 is 11.1 Å². The number of carbonyl (C=O) groups is 1. The number of amides is 1. The average molecular weight is 297 g/mol. The van der Waals surface area contributed by atoms with Crippen LogP contribution in [-0.4, -0.2) is 37.8 Å². The lowest BCUT2D eigenvalue weighted by atomic mass is 10.3. The summed E-state index contributed by atoms with van der Waals surface area (Å²) in [4.78, 5) is 11.5. The molecule has 1 saturated heterocycles. The highest BCUT2D eigenvalue weighted by molar-refractivity contribution is 7.89. The van der Waals surface area contributed by atoms with E-state index in [4.69, 9.17) is 5.73 Å². The minimum absolute atomic E-state index is 0.0899. The van der Waals surface area contributed by atoms with E-state index in [2.05, 4.69) is 5.32 Å². The van der Waals surface area contributed by atoms with Gasteiger partial charge in [0.2, 0.25) is 15.9 Å². The molecule has 1 amide bonds. The lowest BCUT2D eigenvalue weighted by molar-refractivity contribution is -0.115. The van der Waals surface area contributed by atoms with E-state index in [1.165, 1.54) is 16.4 Å². The SMILES string of the molecule is CCC(=O)Nc1ccc(S(=O)(=O)N2CC[C@@H](N)C2)cc1. The largest absolute Gasteiger partial charge is 0.326 e. The van der Waals surface area contributed by atoms with Crippen molar-refractivity contribution in [2.75, 3.05) is 18.4 Å². The predicted molar refractivity (Wildman–Crippen MR) is 76.7 cm³/mol. The van der Waals surface area contributed by atoms with Gasteiger partial charge in [0.25, 0.3) is 0 Å². The zero-order valence-electron chi connectivity index (χ0n) is 11.4. The first-order valence-corrected chi connectivity index (χ1v) is 8.03. The Morgan fingerprint density at radius 3 is 2.55 bits per heavy atom. The van der Waals surface area contributed by atoms with Crippen molar-refractivity contribution in [2.45, 2.75) is 30.7 Å². The molecule has 1 aromatic carbocycles. The molecule has 6 nitrogen and oxygen atoms in total. The van der Waals surface area contributed by atoms with Gasteiger partial charge in [0, 0.05) is 31.2 Å². The third kappa shape index (κ3) is 3.17. The van der Waals surface area contributed by atoms with Gasteiger partial charge in [0.15, 0.2) is 0 Å². The molecule has 1 aliphatic rings. The van der Waals surface area contributed by atoms with E-state index in [0.29, 0.717) is 31.6 Å². The van der Waals surface area contributed by atoms with Gasteiger partial charge in [0.1, 0.15) is 0 Å². The summed E-state index contributed by atoms with van der Waals surface area (Å²) < 4.78 is 26.1. The number of hydrogen-bond acceptors (Lipinski definition) is 4. The van der Waals surface area contributed by atoms with E-state index in [-0.39, 0.29) is 16.8 Å². The molecule has 3 N–H and O–H groups in total. The van der Waals surface area contributed by atoms with Gasteiger partial charge in [-0.15, -0.1) is 0 Å². The van der Waals surface area contributed by atoms with Gasteiger partial charge in [-0.2, -0.15) is 4.31 Å². The van der Waals surface area contributed by atoms with Crippen LogP contribution in [0.25, 0.3) is 0 Å². The van der Waals surface area contributed by atoms with Gasteiger partial charge in [-0.3, -0.25) is 4.79 Å². The average Bonchev–Trinajstić information content (AvgIpc) is 2.86. The number of sulfonamides is 1. The van der Waals surface area contributed by atoms with Crippen molar-refractivity contribution in [2.24, 2.45) is 5.73 Å². The summed E-state index contributed by atoms with van der Waals surface area (Å²) in [6.45, 7) is 2.57. The number of hydrogen-bond donors (Lipinski definition) is 2. The van der Waals surface area contributed by atoms with Crippen LogP contribution in [0.15, 0.2) is 29.2 Å². The number of benzene rings is 1. The van der Waals surface area contributed by atoms with E-state index in [1.54, 1.807) is 19.1 Å². The number of rotatable bonds is 4. The number of nitrogens with zero attached hydrogens (tertiary/aromatic N) is 1. The quantitative estimate of drug-likeness (QED) is 0.858. The van der Waals surface area contributed by atoms with Crippen LogP contribution in [0.5, 0.6) is 0 Å². The highest BCUT2D eigenvalue weighted by Crippen LogP contribution is 2.21. The van der Waals surface area contributed by atoms with Crippen molar-refractivity contribution < 1.29 is 13.2 Å². The molecule has 1 heterocycles. The zero-order chi connectivity index (χ0) is 14.8. The van der Waals surface area contributed by atoms with Crippen LogP contribution in [0.2, 0.25) is 0 Å². The van der Waals surface area contributed by atoms with Crippen LogP contribution in [0, 0.1) is 0 Å². The standard InChI is InChI=1S/C13H19N3O3S/c1-2-13(17)15-11-3-5-12(6-4-11)20(18,19)16-8-7-10(14)9-16/h3-6,10H,2,7-9,14H2,1H3,(H,15,17)/t10-/m1/s1. The molecule has 0 radical (unpaired) electrons. The maximum absolute atomic E-state index is 12.4. The Labute approximate surface area is 119 Å². The highest BCUT2D eigenvalue weighted by Gasteiger charge is 2.30. The molecule has 1 aliphatic heterocycles. The number of nitrogens with two attached hydrogens (primary N) is 1. The summed E-state index contributed by atoms with van der Waals surface area (Å²) in [7, 11) is -3.48. The second kappa shape index (κ2) is 5.90. The van der Waals surface area contributed by atoms with Crippen molar-refractivity contribution in [3.63, 3.8) is 0 Å². The molecule has 20 heavy (non-hydrogen) atoms. The molecule has 7 heteroatoms. The second-order valence-corrected chi connectivity index (χ2v) is 6.78. The second-order valence-electron chi connectivity index (χ2n) is 4.84. The Bertz CT molecular complexity index is 583. The first-order chi connectivity index (χ1) is 9.43. The van der Waals surface area contributed by atoms with Crippen LogP contribution in [-0.2, 0) is 14.8 Å². The molecular weight excluding hydrogens is 278 g/mol. The Kier molecular flexibility index (Phi) is 4.42. The van der Waals surface area contributed by atoms with Crippen molar-refractivity contribution >= 4 is 21.6 Å². The summed E-state index contributed by atoms with van der Waals surface area (Å²) in [5.74, 6) is -0.105. The molecule has 1 atom stereocenters. The molecule has 0 bridgehead atoms. The van der Waals surface area contributed by atoms with E-state index in [1.807, 2.05) is 0 Å². The van der Waals surface area contributed by atoms with Crippen LogP contribution in [0.1, 0.15) is 19.8 Å². The molecule has 0 unspecified atom stereocenters. The van der Waals surface area contributed by atoms with Crippen LogP contribution >= 0.6 is 0 Å². The zero-order valence-corrected chi connectivity index (χ0v) is 12.2. The Morgan fingerprint density at radius 2 is 2.05 bits per heavy atom. The molecule has 110 valence electrons. The molecule has 0 saturated carbocycles. The molecule has 2 rings (SSSR count). The highest BCUT2D eigenvalue weighted by atomic mass is 32.2. The Hall–Kier alpha value is -1.44. The molecule has 0 aliphatic carbocycles. The topological polar surface area (TPSA) is 92.5 Å². The minimum atomic E-state index is -3.48. The lowest BCUT2D eigenvalue weighted by Crippen LogP contribution is -2.31. The lowest BCUT2D eigenvalue weighted by Gasteiger charge is -2.16. The van der Waals surface area contributed by atoms with Crippen molar-refractivity contribution in [3.8, 4) is 0 Å². The molecule has 0 spiro atoms. The first kappa shape index (κ1) is 15.0. The predicted octanol–water partition coefficient (Wildman–Crippen LogP) is 0.757. The van der Waals surface area contributed by atoms with Gasteiger partial charge in [-0.05, 0) is 30.7 Å². The maximum atomic E-state index is 12.4. The number of anilines is 1. The van der Waals surface area contributed by atoms with Gasteiger partial charge < -0.3 is 11.1 Å². The van der Waals surface area contributed by atoms with E-state index < -0.39 is 10.0 Å². The van der Waals surface area contributed by atoms with Crippen LogP contribution in [0.3, 0.4) is 0 Å².